The van der Waals surface area contributed by atoms with E-state index in [1.807, 2.05) is 6.92 Å². The number of fused-ring (bicyclic) bond motifs is 5. The second-order valence-electron chi connectivity index (χ2n) is 9.76. The molecule has 1 saturated heterocycles. The molecule has 4 aliphatic rings. The Bertz CT molecular complexity index is 552. The zero-order chi connectivity index (χ0) is 18.5. The highest BCUT2D eigenvalue weighted by Crippen LogP contribution is 2.65. The zero-order valence-corrected chi connectivity index (χ0v) is 17.1. The molecule has 0 N–H and O–H groups in total. The van der Waals surface area contributed by atoms with Crippen molar-refractivity contribution in [2.45, 2.75) is 91.2 Å². The number of ether oxygens (including phenoxy) is 1. The van der Waals surface area contributed by atoms with E-state index in [9.17, 15) is 4.79 Å². The van der Waals surface area contributed by atoms with Crippen LogP contribution in [-0.2, 0) is 14.4 Å². The standard InChI is InChI=1S/C22H37NO3/c1-5-25-17-14-18-22(4,13-10-19(24)23(18)26-6-2)16-9-12-21(3)11-7-8-15(21)20(16)17/h15-18,20H,5-14H2,1-4H3/t15-,16+,17?,18?,20-,21-,22+/m0/s1. The summed E-state index contributed by atoms with van der Waals surface area (Å²) in [6, 6.07) is 0.173. The molecule has 4 nitrogen and oxygen atoms in total. The van der Waals surface area contributed by atoms with Gasteiger partial charge in [0.2, 0.25) is 5.91 Å². The fraction of sp³-hybridized carbons (Fsp3) is 0.955. The lowest BCUT2D eigenvalue weighted by atomic mass is 9.47. The highest BCUT2D eigenvalue weighted by Gasteiger charge is 2.62. The molecule has 4 fully saturated rings. The lowest BCUT2D eigenvalue weighted by molar-refractivity contribution is -0.260. The SMILES string of the molecule is CCOC1CC2N(OCC)C(=O)CC[C@]2(C)[C@@H]2CC[C@]3(C)CCC[C@H]3[C@H]12. The van der Waals surface area contributed by atoms with Crippen molar-refractivity contribution in [2.24, 2.45) is 28.6 Å². The summed E-state index contributed by atoms with van der Waals surface area (Å²) in [4.78, 5) is 18.5. The molecule has 0 bridgehead atoms. The fourth-order valence-electron chi connectivity index (χ4n) is 7.44. The van der Waals surface area contributed by atoms with Crippen molar-refractivity contribution in [2.75, 3.05) is 13.2 Å². The molecular weight excluding hydrogens is 326 g/mol. The molecule has 0 aromatic heterocycles. The number of carbonyl (C=O) groups excluding carboxylic acids is 1. The minimum atomic E-state index is 0.171. The van der Waals surface area contributed by atoms with Crippen LogP contribution in [0.3, 0.4) is 0 Å². The predicted molar refractivity (Wildman–Crippen MR) is 101 cm³/mol. The highest BCUT2D eigenvalue weighted by atomic mass is 16.7. The van der Waals surface area contributed by atoms with Gasteiger partial charge in [0.05, 0.1) is 18.8 Å². The lowest BCUT2D eigenvalue weighted by Crippen LogP contribution is -2.65. The Balaban J connectivity index is 1.70. The summed E-state index contributed by atoms with van der Waals surface area (Å²) < 4.78 is 6.37. The minimum Gasteiger partial charge on any atom is -0.378 e. The second kappa shape index (κ2) is 6.77. The van der Waals surface area contributed by atoms with Crippen LogP contribution < -0.4 is 0 Å². The van der Waals surface area contributed by atoms with E-state index >= 15 is 0 Å². The third-order valence-corrected chi connectivity index (χ3v) is 8.66. The summed E-state index contributed by atoms with van der Waals surface area (Å²) in [6.45, 7) is 10.4. The van der Waals surface area contributed by atoms with Crippen LogP contribution in [-0.4, -0.2) is 36.3 Å². The van der Waals surface area contributed by atoms with Crippen LogP contribution in [0, 0.1) is 28.6 Å². The molecule has 2 unspecified atom stereocenters. The van der Waals surface area contributed by atoms with E-state index in [0.717, 1.165) is 25.4 Å². The molecule has 4 rings (SSSR count). The average molecular weight is 364 g/mol. The van der Waals surface area contributed by atoms with Gasteiger partial charge in [-0.25, -0.2) is 5.06 Å². The Morgan fingerprint density at radius 2 is 1.88 bits per heavy atom. The van der Waals surface area contributed by atoms with E-state index in [4.69, 9.17) is 9.57 Å². The van der Waals surface area contributed by atoms with Gasteiger partial charge in [-0.05, 0) is 81.0 Å². The number of nitrogens with zero attached hydrogens (tertiary/aromatic N) is 1. The van der Waals surface area contributed by atoms with Crippen LogP contribution in [0.15, 0.2) is 0 Å². The third-order valence-electron chi connectivity index (χ3n) is 8.66. The summed E-state index contributed by atoms with van der Waals surface area (Å²) in [5.74, 6) is 2.29. The van der Waals surface area contributed by atoms with Gasteiger partial charge in [0.1, 0.15) is 0 Å². The number of piperidine rings is 1. The smallest absolute Gasteiger partial charge is 0.246 e. The van der Waals surface area contributed by atoms with Crippen molar-refractivity contribution in [1.82, 2.24) is 5.06 Å². The Kier molecular flexibility index (Phi) is 4.88. The molecule has 1 amide bonds. The molecule has 7 atom stereocenters. The van der Waals surface area contributed by atoms with E-state index in [2.05, 4.69) is 20.8 Å². The van der Waals surface area contributed by atoms with Gasteiger partial charge in [-0.15, -0.1) is 0 Å². The molecule has 3 saturated carbocycles. The van der Waals surface area contributed by atoms with Crippen molar-refractivity contribution in [3.8, 4) is 0 Å². The topological polar surface area (TPSA) is 38.8 Å². The van der Waals surface area contributed by atoms with Crippen LogP contribution in [0.5, 0.6) is 0 Å². The van der Waals surface area contributed by atoms with Crippen LogP contribution in [0.1, 0.15) is 79.1 Å². The number of hydroxylamine groups is 2. The van der Waals surface area contributed by atoms with Gasteiger partial charge in [-0.1, -0.05) is 20.3 Å². The predicted octanol–water partition coefficient (Wildman–Crippen LogP) is 4.58. The highest BCUT2D eigenvalue weighted by molar-refractivity contribution is 5.76. The fourth-order valence-corrected chi connectivity index (χ4v) is 7.44. The maximum absolute atomic E-state index is 12.6. The first-order valence-corrected chi connectivity index (χ1v) is 11.0. The van der Waals surface area contributed by atoms with Crippen LogP contribution in [0.25, 0.3) is 0 Å². The Labute approximate surface area is 158 Å². The number of carbonyl (C=O) groups is 1. The largest absolute Gasteiger partial charge is 0.378 e. The monoisotopic (exact) mass is 363 g/mol. The van der Waals surface area contributed by atoms with Gasteiger partial charge in [-0.2, -0.15) is 0 Å². The molecular formula is C22H37NO3. The van der Waals surface area contributed by atoms with E-state index in [0.29, 0.717) is 30.3 Å². The van der Waals surface area contributed by atoms with Crippen molar-refractivity contribution in [3.05, 3.63) is 0 Å². The zero-order valence-electron chi connectivity index (χ0n) is 17.1. The molecule has 0 spiro atoms. The molecule has 1 aliphatic heterocycles. The van der Waals surface area contributed by atoms with Crippen molar-refractivity contribution >= 4 is 5.91 Å². The summed E-state index contributed by atoms with van der Waals surface area (Å²) in [5.41, 5.74) is 0.690. The Morgan fingerprint density at radius 3 is 2.62 bits per heavy atom. The molecule has 4 heteroatoms. The molecule has 0 radical (unpaired) electrons. The van der Waals surface area contributed by atoms with Crippen LogP contribution in [0.4, 0.5) is 0 Å². The van der Waals surface area contributed by atoms with E-state index in [-0.39, 0.29) is 23.5 Å². The Hall–Kier alpha value is -0.610. The number of amides is 1. The van der Waals surface area contributed by atoms with E-state index in [1.54, 1.807) is 5.06 Å². The Morgan fingerprint density at radius 1 is 1.08 bits per heavy atom. The number of rotatable bonds is 4. The van der Waals surface area contributed by atoms with Gasteiger partial charge in [0, 0.05) is 13.0 Å². The van der Waals surface area contributed by atoms with Gasteiger partial charge in [0.25, 0.3) is 0 Å². The van der Waals surface area contributed by atoms with E-state index < -0.39 is 0 Å². The summed E-state index contributed by atoms with van der Waals surface area (Å²) in [6.07, 6.45) is 9.67. The lowest BCUT2D eigenvalue weighted by Gasteiger charge is -2.63. The maximum Gasteiger partial charge on any atom is 0.246 e. The number of hydrogen-bond donors (Lipinski definition) is 0. The maximum atomic E-state index is 12.6. The van der Waals surface area contributed by atoms with Crippen LogP contribution >= 0.6 is 0 Å². The third kappa shape index (κ3) is 2.66. The molecule has 0 aromatic rings. The molecule has 1 heterocycles. The molecule has 148 valence electrons. The normalized spacial score (nSPS) is 48.1. The minimum absolute atomic E-state index is 0.171. The van der Waals surface area contributed by atoms with Gasteiger partial charge in [0.15, 0.2) is 0 Å². The second-order valence-corrected chi connectivity index (χ2v) is 9.76. The molecule has 26 heavy (non-hydrogen) atoms. The van der Waals surface area contributed by atoms with Crippen molar-refractivity contribution in [1.29, 1.82) is 0 Å². The van der Waals surface area contributed by atoms with Gasteiger partial charge in [-0.3, -0.25) is 9.63 Å². The van der Waals surface area contributed by atoms with Gasteiger partial charge < -0.3 is 4.74 Å². The first-order chi connectivity index (χ1) is 12.4. The van der Waals surface area contributed by atoms with Crippen molar-refractivity contribution in [3.63, 3.8) is 0 Å². The quantitative estimate of drug-likeness (QED) is 0.734. The average Bonchev–Trinajstić information content (AvgIpc) is 3.01. The number of hydrogen-bond acceptors (Lipinski definition) is 3. The van der Waals surface area contributed by atoms with Crippen LogP contribution in [0.2, 0.25) is 0 Å². The summed E-state index contributed by atoms with van der Waals surface area (Å²) >= 11 is 0. The van der Waals surface area contributed by atoms with E-state index in [1.165, 1.54) is 32.1 Å². The molecule has 0 aromatic carbocycles. The summed E-state index contributed by atoms with van der Waals surface area (Å²) in [5, 5.41) is 1.76. The van der Waals surface area contributed by atoms with Gasteiger partial charge >= 0.3 is 0 Å². The first-order valence-electron chi connectivity index (χ1n) is 11.0. The summed E-state index contributed by atoms with van der Waals surface area (Å²) in [7, 11) is 0. The molecule has 3 aliphatic carbocycles. The first kappa shape index (κ1) is 18.7. The van der Waals surface area contributed by atoms with Crippen molar-refractivity contribution < 1.29 is 14.4 Å².